The van der Waals surface area contributed by atoms with Crippen LogP contribution in [0, 0.1) is 0 Å². The quantitative estimate of drug-likeness (QED) is 0.722. The molecule has 0 bridgehead atoms. The minimum absolute atomic E-state index is 0.161. The Labute approximate surface area is 133 Å². The van der Waals surface area contributed by atoms with Gasteiger partial charge in [0, 0.05) is 12.2 Å². The second-order valence-corrected chi connectivity index (χ2v) is 5.20. The third-order valence-corrected chi connectivity index (χ3v) is 3.74. The summed E-state index contributed by atoms with van der Waals surface area (Å²) in [5.41, 5.74) is 1.24. The topological polar surface area (TPSA) is 21.7 Å². The second-order valence-electron chi connectivity index (χ2n) is 5.20. The molecule has 0 aliphatic carbocycles. The van der Waals surface area contributed by atoms with E-state index >= 15 is 0 Å². The Morgan fingerprint density at radius 3 is 2.09 bits per heavy atom. The Morgan fingerprint density at radius 1 is 0.909 bits per heavy atom. The lowest BCUT2D eigenvalue weighted by atomic mass is 10.2. The van der Waals surface area contributed by atoms with Gasteiger partial charge in [0.2, 0.25) is 0 Å². The van der Waals surface area contributed by atoms with Gasteiger partial charge in [0.1, 0.15) is 17.6 Å². The fraction of sp³-hybridized carbons (Fsp3) is 0.368. The van der Waals surface area contributed by atoms with E-state index in [0.717, 1.165) is 31.0 Å². The number of ether oxygens (including phenoxy) is 2. The number of methoxy groups -OCH3 is 1. The first-order valence-electron chi connectivity index (χ1n) is 7.87. The minimum atomic E-state index is 0.161. The van der Waals surface area contributed by atoms with Crippen molar-refractivity contribution in [2.45, 2.75) is 26.4 Å². The monoisotopic (exact) mass is 299 g/mol. The van der Waals surface area contributed by atoms with Crippen molar-refractivity contribution >= 4 is 5.69 Å². The van der Waals surface area contributed by atoms with Gasteiger partial charge in [0.05, 0.1) is 13.7 Å². The average molecular weight is 299 g/mol. The Kier molecular flexibility index (Phi) is 6.13. The van der Waals surface area contributed by atoms with Crippen molar-refractivity contribution in [2.75, 3.05) is 25.1 Å². The zero-order chi connectivity index (χ0) is 15.8. The standard InChI is InChI=1S/C19H25NO2/c1-4-17(22-19-13-11-18(21-3)12-14-19)15-20(5-2)16-9-7-6-8-10-16/h6-14,17H,4-5,15H2,1-3H3. The largest absolute Gasteiger partial charge is 0.497 e. The molecular formula is C19H25NO2. The molecule has 0 spiro atoms. The number of hydrogen-bond acceptors (Lipinski definition) is 3. The van der Waals surface area contributed by atoms with Gasteiger partial charge in [-0.05, 0) is 49.7 Å². The third-order valence-electron chi connectivity index (χ3n) is 3.74. The van der Waals surface area contributed by atoms with Gasteiger partial charge in [0.25, 0.3) is 0 Å². The van der Waals surface area contributed by atoms with Crippen LogP contribution in [0.15, 0.2) is 54.6 Å². The lowest BCUT2D eigenvalue weighted by molar-refractivity contribution is 0.202. The number of hydrogen-bond donors (Lipinski definition) is 0. The molecule has 0 saturated heterocycles. The number of nitrogens with zero attached hydrogens (tertiary/aromatic N) is 1. The number of rotatable bonds is 8. The van der Waals surface area contributed by atoms with E-state index < -0.39 is 0 Å². The molecule has 0 aliphatic heterocycles. The van der Waals surface area contributed by atoms with Crippen LogP contribution < -0.4 is 14.4 Å². The summed E-state index contributed by atoms with van der Waals surface area (Å²) >= 11 is 0. The number of likely N-dealkylation sites (N-methyl/N-ethyl adjacent to an activating group) is 1. The Balaban J connectivity index is 2.01. The molecule has 1 atom stereocenters. The van der Waals surface area contributed by atoms with Gasteiger partial charge in [-0.1, -0.05) is 25.1 Å². The molecular weight excluding hydrogens is 274 g/mol. The third kappa shape index (κ3) is 4.42. The van der Waals surface area contributed by atoms with Crippen molar-refractivity contribution in [1.82, 2.24) is 0 Å². The molecule has 3 nitrogen and oxygen atoms in total. The van der Waals surface area contributed by atoms with Crippen molar-refractivity contribution in [3.63, 3.8) is 0 Å². The van der Waals surface area contributed by atoms with Crippen LogP contribution in [0.4, 0.5) is 5.69 Å². The average Bonchev–Trinajstić information content (AvgIpc) is 2.60. The molecule has 0 aliphatic rings. The molecule has 2 aromatic rings. The maximum atomic E-state index is 6.12. The second kappa shape index (κ2) is 8.32. The fourth-order valence-corrected chi connectivity index (χ4v) is 2.40. The molecule has 0 amide bonds. The van der Waals surface area contributed by atoms with E-state index in [1.807, 2.05) is 30.3 Å². The molecule has 0 saturated carbocycles. The molecule has 1 unspecified atom stereocenters. The van der Waals surface area contributed by atoms with Crippen LogP contribution >= 0.6 is 0 Å². The molecule has 0 heterocycles. The maximum absolute atomic E-state index is 6.12. The first kappa shape index (κ1) is 16.2. The summed E-state index contributed by atoms with van der Waals surface area (Å²) in [6.45, 7) is 6.18. The Hall–Kier alpha value is -2.16. The van der Waals surface area contributed by atoms with Gasteiger partial charge in [-0.25, -0.2) is 0 Å². The molecule has 0 N–H and O–H groups in total. The van der Waals surface area contributed by atoms with Gasteiger partial charge < -0.3 is 14.4 Å². The SMILES string of the molecule is CCC(CN(CC)c1ccccc1)Oc1ccc(OC)cc1. The summed E-state index contributed by atoms with van der Waals surface area (Å²) in [5, 5.41) is 0. The van der Waals surface area contributed by atoms with E-state index in [9.17, 15) is 0 Å². The summed E-state index contributed by atoms with van der Waals surface area (Å²) in [4.78, 5) is 2.34. The van der Waals surface area contributed by atoms with Gasteiger partial charge >= 0.3 is 0 Å². The van der Waals surface area contributed by atoms with Crippen molar-refractivity contribution in [3.8, 4) is 11.5 Å². The highest BCUT2D eigenvalue weighted by Crippen LogP contribution is 2.20. The minimum Gasteiger partial charge on any atom is -0.497 e. The normalized spacial score (nSPS) is 11.8. The predicted octanol–water partition coefficient (Wildman–Crippen LogP) is 4.38. The summed E-state index contributed by atoms with van der Waals surface area (Å²) < 4.78 is 11.3. The Morgan fingerprint density at radius 2 is 1.55 bits per heavy atom. The van der Waals surface area contributed by atoms with E-state index in [0.29, 0.717) is 0 Å². The van der Waals surface area contributed by atoms with E-state index in [1.54, 1.807) is 7.11 Å². The van der Waals surface area contributed by atoms with E-state index in [4.69, 9.17) is 9.47 Å². The van der Waals surface area contributed by atoms with E-state index in [-0.39, 0.29) is 6.10 Å². The molecule has 118 valence electrons. The number of anilines is 1. The molecule has 0 aromatic heterocycles. The van der Waals surface area contributed by atoms with Gasteiger partial charge in [-0.15, -0.1) is 0 Å². The molecule has 2 rings (SSSR count). The highest BCUT2D eigenvalue weighted by Gasteiger charge is 2.13. The molecule has 22 heavy (non-hydrogen) atoms. The van der Waals surface area contributed by atoms with Crippen LogP contribution in [0.2, 0.25) is 0 Å². The fourth-order valence-electron chi connectivity index (χ4n) is 2.40. The van der Waals surface area contributed by atoms with Gasteiger partial charge in [-0.2, -0.15) is 0 Å². The zero-order valence-corrected chi connectivity index (χ0v) is 13.7. The summed E-state index contributed by atoms with van der Waals surface area (Å²) in [7, 11) is 1.67. The highest BCUT2D eigenvalue weighted by molar-refractivity contribution is 5.46. The van der Waals surface area contributed by atoms with Crippen molar-refractivity contribution < 1.29 is 9.47 Å². The molecule has 3 heteroatoms. The lowest BCUT2D eigenvalue weighted by Gasteiger charge is -2.28. The number of para-hydroxylation sites is 1. The first-order valence-corrected chi connectivity index (χ1v) is 7.87. The van der Waals surface area contributed by atoms with Crippen LogP contribution in [0.5, 0.6) is 11.5 Å². The first-order chi connectivity index (χ1) is 10.8. The molecule has 0 fully saturated rings. The van der Waals surface area contributed by atoms with E-state index in [1.165, 1.54) is 5.69 Å². The van der Waals surface area contributed by atoms with Crippen LogP contribution in [0.1, 0.15) is 20.3 Å². The predicted molar refractivity (Wildman–Crippen MR) is 92.0 cm³/mol. The van der Waals surface area contributed by atoms with Crippen LogP contribution in [-0.4, -0.2) is 26.3 Å². The smallest absolute Gasteiger partial charge is 0.120 e. The number of benzene rings is 2. The Bertz CT molecular complexity index is 539. The van der Waals surface area contributed by atoms with Crippen molar-refractivity contribution in [3.05, 3.63) is 54.6 Å². The van der Waals surface area contributed by atoms with Crippen molar-refractivity contribution in [2.24, 2.45) is 0 Å². The van der Waals surface area contributed by atoms with Crippen molar-refractivity contribution in [1.29, 1.82) is 0 Å². The maximum Gasteiger partial charge on any atom is 0.120 e. The zero-order valence-electron chi connectivity index (χ0n) is 13.7. The van der Waals surface area contributed by atoms with Crippen LogP contribution in [0.25, 0.3) is 0 Å². The van der Waals surface area contributed by atoms with Crippen LogP contribution in [-0.2, 0) is 0 Å². The summed E-state index contributed by atoms with van der Waals surface area (Å²) in [5.74, 6) is 1.73. The highest BCUT2D eigenvalue weighted by atomic mass is 16.5. The van der Waals surface area contributed by atoms with Gasteiger partial charge in [-0.3, -0.25) is 0 Å². The summed E-state index contributed by atoms with van der Waals surface area (Å²) in [6, 6.07) is 18.2. The van der Waals surface area contributed by atoms with Crippen LogP contribution in [0.3, 0.4) is 0 Å². The summed E-state index contributed by atoms with van der Waals surface area (Å²) in [6.07, 6.45) is 1.13. The van der Waals surface area contributed by atoms with E-state index in [2.05, 4.69) is 43.0 Å². The lowest BCUT2D eigenvalue weighted by Crippen LogP contribution is -2.35. The molecule has 2 aromatic carbocycles. The molecule has 0 radical (unpaired) electrons. The van der Waals surface area contributed by atoms with Gasteiger partial charge in [0.15, 0.2) is 0 Å².